The molecule has 2 heterocycles. The maximum absolute atomic E-state index is 14.2. The lowest BCUT2D eigenvalue weighted by Gasteiger charge is -2.35. The van der Waals surface area contributed by atoms with Crippen molar-refractivity contribution in [1.82, 2.24) is 14.5 Å². The molecule has 25 heavy (non-hydrogen) atoms. The van der Waals surface area contributed by atoms with E-state index in [9.17, 15) is 13.6 Å². The highest BCUT2D eigenvalue weighted by Gasteiger charge is 2.30. The molecule has 1 aliphatic heterocycles. The third-order valence-corrected chi connectivity index (χ3v) is 4.95. The molecule has 0 fully saturated rings. The summed E-state index contributed by atoms with van der Waals surface area (Å²) in [4.78, 5) is 18.2. The van der Waals surface area contributed by atoms with Crippen LogP contribution in [0.25, 0.3) is 0 Å². The van der Waals surface area contributed by atoms with Gasteiger partial charge in [-0.1, -0.05) is 11.6 Å². The Balaban J connectivity index is 1.89. The van der Waals surface area contributed by atoms with Crippen LogP contribution in [0, 0.1) is 18.6 Å². The number of aryl methyl sites for hydroxylation is 2. The Hall–Kier alpha value is -1.66. The highest BCUT2D eigenvalue weighted by molar-refractivity contribution is 6.30. The van der Waals surface area contributed by atoms with Crippen LogP contribution in [0.5, 0.6) is 0 Å². The van der Waals surface area contributed by atoms with E-state index in [0.29, 0.717) is 19.4 Å². The first kappa shape index (κ1) is 18.1. The molecular weight excluding hydrogens is 371 g/mol. The van der Waals surface area contributed by atoms with Gasteiger partial charge in [-0.3, -0.25) is 4.79 Å². The number of alkyl halides is 1. The summed E-state index contributed by atoms with van der Waals surface area (Å²) in [5.74, 6) is -1.25. The Morgan fingerprint density at radius 1 is 1.44 bits per heavy atom. The van der Waals surface area contributed by atoms with Gasteiger partial charge in [-0.15, -0.1) is 11.6 Å². The summed E-state index contributed by atoms with van der Waals surface area (Å²) in [6, 6.07) is 2.04. The number of imidazole rings is 1. The molecule has 2 aromatic rings. The predicted octanol–water partition coefficient (Wildman–Crippen LogP) is 3.71. The quantitative estimate of drug-likeness (QED) is 0.592. The molecular formula is C17H17Cl2F2N3O. The number of benzene rings is 1. The molecule has 0 radical (unpaired) electrons. The van der Waals surface area contributed by atoms with Crippen LogP contribution < -0.4 is 0 Å². The number of halogens is 4. The molecule has 1 unspecified atom stereocenters. The first-order valence-corrected chi connectivity index (χ1v) is 8.82. The van der Waals surface area contributed by atoms with Crippen LogP contribution in [-0.4, -0.2) is 32.3 Å². The number of fused-ring (bicyclic) bond motifs is 1. The molecule has 0 bridgehead atoms. The Morgan fingerprint density at radius 2 is 2.20 bits per heavy atom. The van der Waals surface area contributed by atoms with Gasteiger partial charge in [0.25, 0.3) is 0 Å². The maximum Gasteiger partial charge on any atom is 0.238 e. The number of amides is 1. The average molecular weight is 388 g/mol. The molecule has 0 aliphatic carbocycles. The van der Waals surface area contributed by atoms with Crippen molar-refractivity contribution >= 4 is 29.1 Å². The number of nitrogens with zero attached hydrogens (tertiary/aromatic N) is 3. The van der Waals surface area contributed by atoms with E-state index in [1.54, 1.807) is 0 Å². The second-order valence-electron chi connectivity index (χ2n) is 6.12. The molecule has 8 heteroatoms. The molecule has 0 saturated heterocycles. The maximum atomic E-state index is 14.2. The first-order chi connectivity index (χ1) is 11.9. The van der Waals surface area contributed by atoms with Gasteiger partial charge < -0.3 is 9.47 Å². The highest BCUT2D eigenvalue weighted by atomic mass is 35.5. The summed E-state index contributed by atoms with van der Waals surface area (Å²) < 4.78 is 30.3. The van der Waals surface area contributed by atoms with Gasteiger partial charge in [0.1, 0.15) is 23.3 Å². The fourth-order valence-electron chi connectivity index (χ4n) is 3.20. The van der Waals surface area contributed by atoms with E-state index in [2.05, 4.69) is 4.98 Å². The molecule has 134 valence electrons. The van der Waals surface area contributed by atoms with Crippen molar-refractivity contribution in [1.29, 1.82) is 0 Å². The normalized spacial score (nSPS) is 16.6. The number of aromatic nitrogens is 2. The molecule has 1 aliphatic rings. The monoisotopic (exact) mass is 387 g/mol. The summed E-state index contributed by atoms with van der Waals surface area (Å²) in [6.45, 7) is 2.21. The van der Waals surface area contributed by atoms with Crippen LogP contribution in [0.1, 0.15) is 23.5 Å². The van der Waals surface area contributed by atoms with Crippen LogP contribution in [0.15, 0.2) is 18.3 Å². The molecule has 1 aromatic heterocycles. The average Bonchev–Trinajstić information content (AvgIpc) is 2.97. The number of carbonyl (C=O) groups is 1. The van der Waals surface area contributed by atoms with Gasteiger partial charge in [0.2, 0.25) is 5.91 Å². The van der Waals surface area contributed by atoms with Crippen molar-refractivity contribution in [2.24, 2.45) is 0 Å². The van der Waals surface area contributed by atoms with Crippen molar-refractivity contribution in [3.05, 3.63) is 52.1 Å². The topological polar surface area (TPSA) is 38.1 Å². The van der Waals surface area contributed by atoms with Crippen LogP contribution >= 0.6 is 23.2 Å². The molecule has 4 nitrogen and oxygen atoms in total. The van der Waals surface area contributed by atoms with Crippen LogP contribution in [0.3, 0.4) is 0 Å². The number of carbonyl (C=O) groups excluding carboxylic acids is 1. The van der Waals surface area contributed by atoms with Gasteiger partial charge >= 0.3 is 0 Å². The largest absolute Gasteiger partial charge is 0.333 e. The lowest BCUT2D eigenvalue weighted by molar-refractivity contribution is -0.132. The molecule has 1 aromatic carbocycles. The predicted molar refractivity (Wildman–Crippen MR) is 91.7 cm³/mol. The van der Waals surface area contributed by atoms with E-state index in [0.717, 1.165) is 23.7 Å². The van der Waals surface area contributed by atoms with Gasteiger partial charge in [0.15, 0.2) is 0 Å². The summed E-state index contributed by atoms with van der Waals surface area (Å²) in [5, 5.41) is -0.175. The van der Waals surface area contributed by atoms with Crippen molar-refractivity contribution in [2.75, 3.05) is 5.88 Å². The SMILES string of the molecule is Cc1cn2c(n1)CCC(N(Cc1c(F)ccc(Cl)c1F)C(=O)CCl)C2. The standard InChI is InChI=1S/C17H17Cl2F2N3O/c1-10-7-23-8-11(2-5-15(23)22-10)24(16(25)6-18)9-12-14(20)4-3-13(19)17(12)21/h3-4,7,11H,2,5-6,8-9H2,1H3. The lowest BCUT2D eigenvalue weighted by atomic mass is 10.0. The third-order valence-electron chi connectivity index (χ3n) is 4.43. The molecule has 0 N–H and O–H groups in total. The zero-order chi connectivity index (χ0) is 18.1. The zero-order valence-corrected chi connectivity index (χ0v) is 15.1. The van der Waals surface area contributed by atoms with Crippen LogP contribution in [-0.2, 0) is 24.3 Å². The molecule has 0 spiro atoms. The van der Waals surface area contributed by atoms with E-state index in [-0.39, 0.29) is 35.0 Å². The van der Waals surface area contributed by atoms with E-state index in [4.69, 9.17) is 23.2 Å². The second-order valence-corrected chi connectivity index (χ2v) is 6.79. The van der Waals surface area contributed by atoms with Crippen molar-refractivity contribution < 1.29 is 13.6 Å². The van der Waals surface area contributed by atoms with Gasteiger partial charge in [0.05, 0.1) is 23.3 Å². The van der Waals surface area contributed by atoms with Crippen molar-refractivity contribution in [2.45, 2.75) is 38.9 Å². The van der Waals surface area contributed by atoms with Crippen LogP contribution in [0.4, 0.5) is 8.78 Å². The Kier molecular flexibility index (Phi) is 5.29. The van der Waals surface area contributed by atoms with E-state index in [1.165, 1.54) is 4.90 Å². The fourth-order valence-corrected chi connectivity index (χ4v) is 3.54. The summed E-state index contributed by atoms with van der Waals surface area (Å²) in [6.07, 6.45) is 3.25. The molecule has 1 atom stereocenters. The lowest BCUT2D eigenvalue weighted by Crippen LogP contribution is -2.45. The summed E-state index contributed by atoms with van der Waals surface area (Å²) in [5.41, 5.74) is 0.677. The third kappa shape index (κ3) is 3.65. The minimum Gasteiger partial charge on any atom is -0.333 e. The molecule has 1 amide bonds. The number of rotatable bonds is 4. The zero-order valence-electron chi connectivity index (χ0n) is 13.6. The van der Waals surface area contributed by atoms with Crippen molar-refractivity contribution in [3.63, 3.8) is 0 Å². The van der Waals surface area contributed by atoms with Gasteiger partial charge in [-0.25, -0.2) is 13.8 Å². The van der Waals surface area contributed by atoms with Gasteiger partial charge in [-0.05, 0) is 25.5 Å². The number of hydrogen-bond acceptors (Lipinski definition) is 2. The smallest absolute Gasteiger partial charge is 0.238 e. The molecule has 3 rings (SSSR count). The van der Waals surface area contributed by atoms with E-state index < -0.39 is 11.6 Å². The van der Waals surface area contributed by atoms with Crippen molar-refractivity contribution in [3.8, 4) is 0 Å². The molecule has 0 saturated carbocycles. The summed E-state index contributed by atoms with van der Waals surface area (Å²) >= 11 is 11.5. The Bertz CT molecular complexity index is 809. The van der Waals surface area contributed by atoms with Gasteiger partial charge in [-0.2, -0.15) is 0 Å². The Morgan fingerprint density at radius 3 is 2.92 bits per heavy atom. The van der Waals surface area contributed by atoms with E-state index >= 15 is 0 Å². The van der Waals surface area contributed by atoms with Crippen LogP contribution in [0.2, 0.25) is 5.02 Å². The Labute approximate surface area is 154 Å². The summed E-state index contributed by atoms with van der Waals surface area (Å²) in [7, 11) is 0. The van der Waals surface area contributed by atoms with E-state index in [1.807, 2.05) is 17.7 Å². The van der Waals surface area contributed by atoms with Gasteiger partial charge in [0, 0.05) is 24.7 Å². The second kappa shape index (κ2) is 7.30. The number of hydrogen-bond donors (Lipinski definition) is 0. The minimum atomic E-state index is -0.844. The fraction of sp³-hybridized carbons (Fsp3) is 0.412. The highest BCUT2D eigenvalue weighted by Crippen LogP contribution is 2.26. The first-order valence-electron chi connectivity index (χ1n) is 7.91. The minimum absolute atomic E-state index is 0.175.